The van der Waals surface area contributed by atoms with Gasteiger partial charge in [-0.05, 0) is 39.0 Å². The van der Waals surface area contributed by atoms with E-state index in [4.69, 9.17) is 4.42 Å². The fourth-order valence-corrected chi connectivity index (χ4v) is 4.09. The number of fused-ring (bicyclic) bond motifs is 1. The normalized spacial score (nSPS) is 16.1. The maximum absolute atomic E-state index is 12.9. The first-order valence-electron chi connectivity index (χ1n) is 9.75. The van der Waals surface area contributed by atoms with E-state index in [9.17, 15) is 18.0 Å². The van der Waals surface area contributed by atoms with Gasteiger partial charge in [0.15, 0.2) is 10.7 Å². The van der Waals surface area contributed by atoms with Crippen molar-refractivity contribution in [3.05, 3.63) is 34.8 Å². The van der Waals surface area contributed by atoms with Crippen LogP contribution < -0.4 is 5.32 Å². The number of carbonyl (C=O) groups is 1. The topological polar surface area (TPSA) is 74.5 Å². The average Bonchev–Trinajstić information content (AvgIpc) is 3.32. The van der Waals surface area contributed by atoms with Crippen LogP contribution in [0, 0.1) is 0 Å². The molecule has 1 amide bonds. The SMILES string of the molecule is CC(C)(C)N1CCN(C(=O)c2csc(Nc3nc4cc(C(F)(F)F)ccc4o3)n2)CC1. The first kappa shape index (κ1) is 21.6. The van der Waals surface area contributed by atoms with Crippen molar-refractivity contribution in [1.29, 1.82) is 0 Å². The number of piperazine rings is 1. The lowest BCUT2D eigenvalue weighted by molar-refractivity contribution is -0.137. The molecule has 1 aliphatic heterocycles. The van der Waals surface area contributed by atoms with Crippen LogP contribution in [-0.2, 0) is 6.18 Å². The van der Waals surface area contributed by atoms with Gasteiger partial charge in [0.2, 0.25) is 0 Å². The summed E-state index contributed by atoms with van der Waals surface area (Å²) in [6, 6.07) is 3.11. The number of anilines is 2. The quantitative estimate of drug-likeness (QED) is 0.625. The van der Waals surface area contributed by atoms with Crippen molar-refractivity contribution in [1.82, 2.24) is 19.8 Å². The van der Waals surface area contributed by atoms with Crippen molar-refractivity contribution >= 4 is 39.5 Å². The Labute approximate surface area is 180 Å². The average molecular weight is 453 g/mol. The van der Waals surface area contributed by atoms with Crippen molar-refractivity contribution in [3.8, 4) is 0 Å². The van der Waals surface area contributed by atoms with Crippen LogP contribution in [0.25, 0.3) is 11.1 Å². The zero-order chi connectivity index (χ0) is 22.4. The molecule has 0 unspecified atom stereocenters. The van der Waals surface area contributed by atoms with Gasteiger partial charge in [0.05, 0.1) is 5.56 Å². The molecular formula is C20H22F3N5O2S. The van der Waals surface area contributed by atoms with E-state index in [-0.39, 0.29) is 28.6 Å². The predicted octanol–water partition coefficient (Wildman–Crippen LogP) is 4.60. The molecule has 0 saturated carbocycles. The number of halogens is 3. The van der Waals surface area contributed by atoms with Gasteiger partial charge in [0, 0.05) is 37.1 Å². The summed E-state index contributed by atoms with van der Waals surface area (Å²) >= 11 is 1.20. The molecular weight excluding hydrogens is 431 g/mol. The van der Waals surface area contributed by atoms with Gasteiger partial charge < -0.3 is 9.32 Å². The minimum absolute atomic E-state index is 0.0152. The first-order chi connectivity index (χ1) is 14.5. The van der Waals surface area contributed by atoms with Crippen LogP contribution in [0.5, 0.6) is 0 Å². The van der Waals surface area contributed by atoms with E-state index < -0.39 is 11.7 Å². The Morgan fingerprint density at radius 2 is 1.84 bits per heavy atom. The minimum Gasteiger partial charge on any atom is -0.423 e. The molecule has 3 heterocycles. The molecule has 1 saturated heterocycles. The third kappa shape index (κ3) is 4.67. The molecule has 0 spiro atoms. The summed E-state index contributed by atoms with van der Waals surface area (Å²) in [5, 5.41) is 4.84. The van der Waals surface area contributed by atoms with E-state index in [0.717, 1.165) is 25.2 Å². The summed E-state index contributed by atoms with van der Waals surface area (Å²) in [5.74, 6) is -0.148. The summed E-state index contributed by atoms with van der Waals surface area (Å²) in [6.45, 7) is 9.31. The van der Waals surface area contributed by atoms with Gasteiger partial charge in [-0.1, -0.05) is 0 Å². The molecule has 1 fully saturated rings. The Morgan fingerprint density at radius 3 is 2.48 bits per heavy atom. The fraction of sp³-hybridized carbons (Fsp3) is 0.450. The van der Waals surface area contributed by atoms with Crippen LogP contribution in [0.4, 0.5) is 24.3 Å². The molecule has 4 rings (SSSR count). The highest BCUT2D eigenvalue weighted by molar-refractivity contribution is 7.14. The standard InChI is InChI=1S/C20H22F3N5O2S/c1-19(2,3)28-8-6-27(7-9-28)16(29)14-11-31-18(25-14)26-17-24-13-10-12(20(21,22)23)4-5-15(13)30-17/h4-5,10-11H,6-9H2,1-3H3,(H,24,25,26). The Balaban J connectivity index is 1.43. The zero-order valence-corrected chi connectivity index (χ0v) is 18.1. The van der Waals surface area contributed by atoms with Gasteiger partial charge in [-0.15, -0.1) is 11.3 Å². The number of hydrogen-bond donors (Lipinski definition) is 1. The molecule has 2 aromatic heterocycles. The molecule has 3 aromatic rings. The lowest BCUT2D eigenvalue weighted by Crippen LogP contribution is -2.54. The second-order valence-corrected chi connectivity index (χ2v) is 9.17. The number of oxazole rings is 1. The number of carbonyl (C=O) groups excluding carboxylic acids is 1. The number of rotatable bonds is 3. The largest absolute Gasteiger partial charge is 0.423 e. The summed E-state index contributed by atoms with van der Waals surface area (Å²) in [4.78, 5) is 25.2. The Hall–Kier alpha value is -2.66. The van der Waals surface area contributed by atoms with E-state index in [1.54, 1.807) is 10.3 Å². The van der Waals surface area contributed by atoms with Crippen LogP contribution in [0.1, 0.15) is 36.8 Å². The highest BCUT2D eigenvalue weighted by Gasteiger charge is 2.31. The lowest BCUT2D eigenvalue weighted by Gasteiger charge is -2.42. The number of thiazole rings is 1. The number of benzene rings is 1. The smallest absolute Gasteiger partial charge is 0.416 e. The van der Waals surface area contributed by atoms with Gasteiger partial charge in [-0.3, -0.25) is 15.0 Å². The first-order valence-corrected chi connectivity index (χ1v) is 10.6. The molecule has 0 aliphatic carbocycles. The number of hydrogen-bond acceptors (Lipinski definition) is 7. The highest BCUT2D eigenvalue weighted by Crippen LogP contribution is 2.32. The molecule has 11 heteroatoms. The molecule has 31 heavy (non-hydrogen) atoms. The molecule has 166 valence electrons. The van der Waals surface area contributed by atoms with Gasteiger partial charge in [-0.2, -0.15) is 18.2 Å². The van der Waals surface area contributed by atoms with E-state index in [1.165, 1.54) is 17.4 Å². The van der Waals surface area contributed by atoms with E-state index in [2.05, 4.69) is 41.0 Å². The molecule has 1 aliphatic rings. The maximum Gasteiger partial charge on any atom is 0.416 e. The third-order valence-corrected chi connectivity index (χ3v) is 5.93. The molecule has 7 nitrogen and oxygen atoms in total. The Bertz CT molecular complexity index is 1090. The van der Waals surface area contributed by atoms with Gasteiger partial charge >= 0.3 is 12.2 Å². The van der Waals surface area contributed by atoms with E-state index in [1.807, 2.05) is 0 Å². The van der Waals surface area contributed by atoms with Crippen molar-refractivity contribution < 1.29 is 22.4 Å². The number of alkyl halides is 3. The summed E-state index contributed by atoms with van der Waals surface area (Å²) < 4.78 is 44.0. The molecule has 0 atom stereocenters. The van der Waals surface area contributed by atoms with Crippen molar-refractivity contribution in [2.75, 3.05) is 31.5 Å². The molecule has 0 bridgehead atoms. The lowest BCUT2D eigenvalue weighted by atomic mass is 10.0. The van der Waals surface area contributed by atoms with Gasteiger partial charge in [-0.25, -0.2) is 4.98 Å². The van der Waals surface area contributed by atoms with Crippen LogP contribution in [0.3, 0.4) is 0 Å². The molecule has 1 N–H and O–H groups in total. The monoisotopic (exact) mass is 453 g/mol. The Morgan fingerprint density at radius 1 is 1.13 bits per heavy atom. The predicted molar refractivity (Wildman–Crippen MR) is 112 cm³/mol. The number of nitrogens with one attached hydrogen (secondary N) is 1. The summed E-state index contributed by atoms with van der Waals surface area (Å²) in [6.07, 6.45) is -4.45. The molecule has 1 aromatic carbocycles. The second-order valence-electron chi connectivity index (χ2n) is 8.31. The number of nitrogens with zero attached hydrogens (tertiary/aromatic N) is 4. The van der Waals surface area contributed by atoms with E-state index >= 15 is 0 Å². The highest BCUT2D eigenvalue weighted by atomic mass is 32.1. The number of aromatic nitrogens is 2. The van der Waals surface area contributed by atoms with Crippen LogP contribution in [-0.4, -0.2) is 57.4 Å². The van der Waals surface area contributed by atoms with Crippen molar-refractivity contribution in [2.45, 2.75) is 32.5 Å². The van der Waals surface area contributed by atoms with Gasteiger partial charge in [0.25, 0.3) is 5.91 Å². The Kier molecular flexibility index (Phi) is 5.42. The van der Waals surface area contributed by atoms with E-state index in [0.29, 0.717) is 23.9 Å². The second kappa shape index (κ2) is 7.79. The summed E-state index contributed by atoms with van der Waals surface area (Å²) in [5.41, 5.74) is -0.115. The number of amides is 1. The van der Waals surface area contributed by atoms with Crippen molar-refractivity contribution in [3.63, 3.8) is 0 Å². The zero-order valence-electron chi connectivity index (χ0n) is 17.3. The summed E-state index contributed by atoms with van der Waals surface area (Å²) in [7, 11) is 0. The van der Waals surface area contributed by atoms with Gasteiger partial charge in [0.1, 0.15) is 11.2 Å². The molecule has 0 radical (unpaired) electrons. The van der Waals surface area contributed by atoms with Crippen molar-refractivity contribution in [2.24, 2.45) is 0 Å². The minimum atomic E-state index is -4.45. The van der Waals surface area contributed by atoms with Crippen LogP contribution >= 0.6 is 11.3 Å². The van der Waals surface area contributed by atoms with Crippen LogP contribution in [0.2, 0.25) is 0 Å². The van der Waals surface area contributed by atoms with Crippen LogP contribution in [0.15, 0.2) is 28.0 Å². The third-order valence-electron chi connectivity index (χ3n) is 5.17. The fourth-order valence-electron chi connectivity index (χ4n) is 3.42. The maximum atomic E-state index is 12.9.